The third-order valence-electron chi connectivity index (χ3n) is 9.16. The average Bonchev–Trinajstić information content (AvgIpc) is 3.11. The van der Waals surface area contributed by atoms with Gasteiger partial charge in [0.15, 0.2) is 23.1 Å². The number of benzene rings is 5. The molecule has 0 spiro atoms. The summed E-state index contributed by atoms with van der Waals surface area (Å²) >= 11 is 0. The smallest absolute Gasteiger partial charge is 0.194 e. The van der Waals surface area contributed by atoms with Gasteiger partial charge in [0.1, 0.15) is 0 Å². The second-order valence-corrected chi connectivity index (χ2v) is 13.3. The summed E-state index contributed by atoms with van der Waals surface area (Å²) in [7, 11) is 11.5. The van der Waals surface area contributed by atoms with Crippen LogP contribution in [0.5, 0.6) is 0 Å². The molecule has 5 aromatic carbocycles. The first-order valence-electron chi connectivity index (χ1n) is 16.5. The molecule has 50 heavy (non-hydrogen) atoms. The zero-order chi connectivity index (χ0) is 36.4. The standard InChI is InChI=1S/C43H43N3O4/c1-26-10-12-29(13-11-26)40(47)36-27(2)38(42(49)31-16-22-34(23-17-31)45(6)7)39(43(50)32-18-24-35(25-19-32)46(8)9)28(3)37(36)41(48)30-14-20-33(21-15-30)44(4)5/h10-25H,1-9H3. The molecule has 0 radical (unpaired) electrons. The van der Waals surface area contributed by atoms with Crippen LogP contribution in [0, 0.1) is 20.8 Å². The van der Waals surface area contributed by atoms with Crippen molar-refractivity contribution >= 4 is 40.2 Å². The molecular weight excluding hydrogens is 622 g/mol. The van der Waals surface area contributed by atoms with E-state index < -0.39 is 23.1 Å². The van der Waals surface area contributed by atoms with Gasteiger partial charge in [0.25, 0.3) is 0 Å². The van der Waals surface area contributed by atoms with E-state index in [9.17, 15) is 19.2 Å². The molecule has 0 unspecified atom stereocenters. The maximum atomic E-state index is 14.6. The highest BCUT2D eigenvalue weighted by atomic mass is 16.1. The Morgan fingerprint density at radius 3 is 0.740 bits per heavy atom. The van der Waals surface area contributed by atoms with Gasteiger partial charge in [-0.1, -0.05) is 29.8 Å². The van der Waals surface area contributed by atoms with E-state index in [4.69, 9.17) is 0 Å². The fourth-order valence-electron chi connectivity index (χ4n) is 6.15. The predicted octanol–water partition coefficient (Wildman–Crippen LogP) is 7.73. The van der Waals surface area contributed by atoms with Gasteiger partial charge in [0.05, 0.1) is 0 Å². The summed E-state index contributed by atoms with van der Waals surface area (Å²) in [4.78, 5) is 64.2. The number of carbonyl (C=O) groups excluding carboxylic acids is 4. The van der Waals surface area contributed by atoms with Crippen LogP contribution >= 0.6 is 0 Å². The first kappa shape index (κ1) is 35.5. The zero-order valence-electron chi connectivity index (χ0n) is 30.2. The first-order valence-corrected chi connectivity index (χ1v) is 16.5. The van der Waals surface area contributed by atoms with Gasteiger partial charge in [-0.3, -0.25) is 19.2 Å². The van der Waals surface area contributed by atoms with Gasteiger partial charge >= 0.3 is 0 Å². The summed E-state index contributed by atoms with van der Waals surface area (Å²) in [5, 5.41) is 0. The largest absolute Gasteiger partial charge is 0.378 e. The molecule has 0 amide bonds. The summed E-state index contributed by atoms with van der Waals surface area (Å²) in [5.74, 6) is -1.62. The minimum atomic E-state index is -0.407. The minimum absolute atomic E-state index is 0.107. The van der Waals surface area contributed by atoms with E-state index in [1.807, 2.05) is 112 Å². The van der Waals surface area contributed by atoms with E-state index >= 15 is 0 Å². The van der Waals surface area contributed by atoms with Gasteiger partial charge in [-0.05, 0) is 105 Å². The Hall–Kier alpha value is -5.82. The minimum Gasteiger partial charge on any atom is -0.378 e. The summed E-state index contributed by atoms with van der Waals surface area (Å²) in [6.45, 7) is 5.26. The lowest BCUT2D eigenvalue weighted by atomic mass is 9.78. The highest BCUT2D eigenvalue weighted by molar-refractivity contribution is 6.27. The van der Waals surface area contributed by atoms with Crippen LogP contribution in [0.4, 0.5) is 17.1 Å². The van der Waals surface area contributed by atoms with Crippen molar-refractivity contribution in [1.82, 2.24) is 0 Å². The Labute approximate surface area is 294 Å². The van der Waals surface area contributed by atoms with Crippen molar-refractivity contribution in [1.29, 1.82) is 0 Å². The molecule has 0 bridgehead atoms. The lowest BCUT2D eigenvalue weighted by Crippen LogP contribution is -2.23. The molecule has 0 atom stereocenters. The van der Waals surface area contributed by atoms with Crippen LogP contribution in [0.1, 0.15) is 80.4 Å². The zero-order valence-corrected chi connectivity index (χ0v) is 30.2. The van der Waals surface area contributed by atoms with E-state index in [2.05, 4.69) is 0 Å². The second-order valence-electron chi connectivity index (χ2n) is 13.3. The van der Waals surface area contributed by atoms with Crippen LogP contribution in [-0.4, -0.2) is 65.4 Å². The van der Waals surface area contributed by atoms with Gasteiger partial charge in [-0.15, -0.1) is 0 Å². The van der Waals surface area contributed by atoms with Crippen molar-refractivity contribution < 1.29 is 19.2 Å². The first-order chi connectivity index (χ1) is 23.7. The molecule has 7 heteroatoms. The molecule has 0 aliphatic heterocycles. The van der Waals surface area contributed by atoms with E-state index in [0.717, 1.165) is 22.6 Å². The third kappa shape index (κ3) is 6.85. The average molecular weight is 666 g/mol. The topological polar surface area (TPSA) is 78.0 Å². The molecule has 0 saturated heterocycles. The monoisotopic (exact) mass is 665 g/mol. The fraction of sp³-hybridized carbons (Fsp3) is 0.209. The Morgan fingerprint density at radius 1 is 0.340 bits per heavy atom. The molecule has 5 aromatic rings. The SMILES string of the molecule is Cc1ccc(C(=O)c2c(C)c(C(=O)c3ccc(N(C)C)cc3)c(C(=O)c3ccc(N(C)C)cc3)c(C)c2C(=O)c2ccc(N(C)C)cc2)cc1. The predicted molar refractivity (Wildman–Crippen MR) is 203 cm³/mol. The van der Waals surface area contributed by atoms with Gasteiger partial charge in [0, 0.05) is 104 Å². The van der Waals surface area contributed by atoms with Crippen molar-refractivity contribution in [3.05, 3.63) is 158 Å². The van der Waals surface area contributed by atoms with Crippen LogP contribution in [0.3, 0.4) is 0 Å². The third-order valence-corrected chi connectivity index (χ3v) is 9.16. The highest BCUT2D eigenvalue weighted by Gasteiger charge is 2.34. The maximum Gasteiger partial charge on any atom is 0.194 e. The molecule has 0 aliphatic rings. The van der Waals surface area contributed by atoms with E-state index in [1.165, 1.54) is 0 Å². The number of carbonyl (C=O) groups is 4. The molecule has 0 N–H and O–H groups in total. The number of aryl methyl sites for hydroxylation is 1. The van der Waals surface area contributed by atoms with Crippen LogP contribution in [0.2, 0.25) is 0 Å². The summed E-state index contributed by atoms with van der Waals surface area (Å²) < 4.78 is 0. The summed E-state index contributed by atoms with van der Waals surface area (Å²) in [6, 6.07) is 28.5. The Balaban J connectivity index is 1.84. The fourth-order valence-corrected chi connectivity index (χ4v) is 6.15. The molecular formula is C43H43N3O4. The van der Waals surface area contributed by atoms with Crippen molar-refractivity contribution in [2.75, 3.05) is 57.0 Å². The molecule has 0 saturated carbocycles. The molecule has 0 aliphatic carbocycles. The molecule has 0 fully saturated rings. The number of hydrogen-bond donors (Lipinski definition) is 0. The molecule has 254 valence electrons. The van der Waals surface area contributed by atoms with Crippen molar-refractivity contribution in [2.45, 2.75) is 20.8 Å². The molecule has 0 aromatic heterocycles. The second kappa shape index (κ2) is 14.3. The van der Waals surface area contributed by atoms with Gasteiger partial charge in [0.2, 0.25) is 0 Å². The van der Waals surface area contributed by atoms with E-state index in [-0.39, 0.29) is 33.4 Å². The Kier molecular flexibility index (Phi) is 10.2. The van der Waals surface area contributed by atoms with Gasteiger partial charge < -0.3 is 14.7 Å². The number of anilines is 3. The lowest BCUT2D eigenvalue weighted by Gasteiger charge is -2.23. The van der Waals surface area contributed by atoms with Crippen LogP contribution in [0.15, 0.2) is 97.1 Å². The van der Waals surface area contributed by atoms with Crippen molar-refractivity contribution in [3.63, 3.8) is 0 Å². The molecule has 7 nitrogen and oxygen atoms in total. The van der Waals surface area contributed by atoms with Crippen LogP contribution < -0.4 is 14.7 Å². The normalized spacial score (nSPS) is 10.8. The summed E-state index contributed by atoms with van der Waals surface area (Å²) in [5.41, 5.74) is 6.16. The van der Waals surface area contributed by atoms with Crippen molar-refractivity contribution in [3.8, 4) is 0 Å². The van der Waals surface area contributed by atoms with Gasteiger partial charge in [-0.25, -0.2) is 0 Å². The van der Waals surface area contributed by atoms with Crippen LogP contribution in [-0.2, 0) is 0 Å². The molecule has 0 heterocycles. The number of nitrogens with zero attached hydrogens (tertiary/aromatic N) is 3. The van der Waals surface area contributed by atoms with E-state index in [1.54, 1.807) is 62.4 Å². The number of rotatable bonds is 11. The summed E-state index contributed by atoms with van der Waals surface area (Å²) in [6.07, 6.45) is 0. The van der Waals surface area contributed by atoms with Crippen LogP contribution in [0.25, 0.3) is 0 Å². The van der Waals surface area contributed by atoms with Gasteiger partial charge in [-0.2, -0.15) is 0 Å². The van der Waals surface area contributed by atoms with E-state index in [0.29, 0.717) is 22.3 Å². The number of ketones is 4. The molecule has 5 rings (SSSR count). The Morgan fingerprint density at radius 2 is 0.540 bits per heavy atom. The number of hydrogen-bond acceptors (Lipinski definition) is 7. The quantitative estimate of drug-likeness (QED) is 0.134. The maximum absolute atomic E-state index is 14.6. The Bertz CT molecular complexity index is 2090. The highest BCUT2D eigenvalue weighted by Crippen LogP contribution is 2.35. The lowest BCUT2D eigenvalue weighted by molar-refractivity contribution is 0.0991. The van der Waals surface area contributed by atoms with Crippen molar-refractivity contribution in [2.24, 2.45) is 0 Å².